The number of amides is 1. The number of carbonyl (C=O) groups excluding carboxylic acids is 1. The summed E-state index contributed by atoms with van der Waals surface area (Å²) < 4.78 is 0. The minimum absolute atomic E-state index is 0.268. The number of carbonyl (C=O) groups is 1. The van der Waals surface area contributed by atoms with Gasteiger partial charge in [-0.3, -0.25) is 4.79 Å². The number of nitrogens with zero attached hydrogens (tertiary/aromatic N) is 3. The van der Waals surface area contributed by atoms with Crippen molar-refractivity contribution in [2.24, 2.45) is 10.2 Å². The van der Waals surface area contributed by atoms with Gasteiger partial charge in [-0.2, -0.15) is 10.4 Å². The van der Waals surface area contributed by atoms with Gasteiger partial charge in [0.2, 0.25) is 0 Å². The van der Waals surface area contributed by atoms with Gasteiger partial charge in [0.15, 0.2) is 0 Å². The van der Waals surface area contributed by atoms with Crippen molar-refractivity contribution >= 4 is 23.0 Å². The largest absolute Gasteiger partial charge is 0.320 e. The molecule has 3 rings (SSSR count). The molecule has 0 radical (unpaired) electrons. The Morgan fingerprint density at radius 3 is 2.22 bits per heavy atom. The lowest BCUT2D eigenvalue weighted by molar-refractivity contribution is 0.102. The molecular weight excluding hydrogens is 336 g/mol. The van der Waals surface area contributed by atoms with Crippen LogP contribution in [0.2, 0.25) is 0 Å². The van der Waals surface area contributed by atoms with Crippen LogP contribution in [0.15, 0.2) is 77.0 Å². The highest BCUT2D eigenvalue weighted by atomic mass is 16.1. The van der Waals surface area contributed by atoms with E-state index >= 15 is 0 Å². The lowest BCUT2D eigenvalue weighted by atomic mass is 10.1. The molecule has 0 aliphatic rings. The standard InChI is InChI=1S/C22H18N4O/c1-15-3-10-19(11-4-15)25-26-21-13-16(2)5-12-20(21)24-22(27)18-8-6-17(14-23)7-9-18/h3-13H,1-2H3,(H,24,27). The second-order valence-electron chi connectivity index (χ2n) is 6.20. The third-order valence-electron chi connectivity index (χ3n) is 3.98. The molecule has 0 heterocycles. The molecule has 0 fully saturated rings. The number of hydrogen-bond donors (Lipinski definition) is 1. The summed E-state index contributed by atoms with van der Waals surface area (Å²) in [6.07, 6.45) is 0. The summed E-state index contributed by atoms with van der Waals surface area (Å²) in [5.74, 6) is -0.268. The first-order valence-electron chi connectivity index (χ1n) is 8.46. The Hall–Kier alpha value is -3.78. The van der Waals surface area contributed by atoms with Crippen molar-refractivity contribution in [3.05, 3.63) is 89.0 Å². The molecule has 0 spiro atoms. The van der Waals surface area contributed by atoms with Gasteiger partial charge >= 0.3 is 0 Å². The molecule has 0 saturated carbocycles. The SMILES string of the molecule is Cc1ccc(N=Nc2cc(C)ccc2NC(=O)c2ccc(C#N)cc2)cc1. The third kappa shape index (κ3) is 4.65. The molecule has 1 N–H and O–H groups in total. The van der Waals surface area contributed by atoms with Crippen molar-refractivity contribution in [2.45, 2.75) is 13.8 Å². The molecule has 0 aliphatic carbocycles. The minimum Gasteiger partial charge on any atom is -0.320 e. The Bertz CT molecular complexity index is 1030. The molecule has 0 bridgehead atoms. The van der Waals surface area contributed by atoms with Crippen molar-refractivity contribution in [1.29, 1.82) is 5.26 Å². The summed E-state index contributed by atoms with van der Waals surface area (Å²) in [6, 6.07) is 21.8. The van der Waals surface area contributed by atoms with E-state index in [9.17, 15) is 4.79 Å². The van der Waals surface area contributed by atoms with Crippen molar-refractivity contribution < 1.29 is 4.79 Å². The van der Waals surface area contributed by atoms with Gasteiger partial charge in [0.1, 0.15) is 5.69 Å². The predicted molar refractivity (Wildman–Crippen MR) is 106 cm³/mol. The highest BCUT2D eigenvalue weighted by molar-refractivity contribution is 6.05. The summed E-state index contributed by atoms with van der Waals surface area (Å²) in [7, 11) is 0. The normalized spacial score (nSPS) is 10.6. The molecule has 5 nitrogen and oxygen atoms in total. The lowest BCUT2D eigenvalue weighted by Crippen LogP contribution is -2.11. The van der Waals surface area contributed by atoms with E-state index in [0.29, 0.717) is 22.5 Å². The fourth-order valence-electron chi connectivity index (χ4n) is 2.44. The van der Waals surface area contributed by atoms with Crippen molar-refractivity contribution in [1.82, 2.24) is 0 Å². The highest BCUT2D eigenvalue weighted by Gasteiger charge is 2.10. The van der Waals surface area contributed by atoms with Gasteiger partial charge < -0.3 is 5.32 Å². The van der Waals surface area contributed by atoms with Crippen LogP contribution >= 0.6 is 0 Å². The van der Waals surface area contributed by atoms with E-state index in [2.05, 4.69) is 15.5 Å². The average molecular weight is 354 g/mol. The zero-order valence-corrected chi connectivity index (χ0v) is 15.1. The van der Waals surface area contributed by atoms with Crippen LogP contribution in [-0.4, -0.2) is 5.91 Å². The van der Waals surface area contributed by atoms with E-state index in [-0.39, 0.29) is 5.91 Å². The first-order chi connectivity index (χ1) is 13.0. The van der Waals surface area contributed by atoms with E-state index in [4.69, 9.17) is 5.26 Å². The molecule has 1 amide bonds. The smallest absolute Gasteiger partial charge is 0.255 e. The molecule has 0 atom stereocenters. The average Bonchev–Trinajstić information content (AvgIpc) is 2.69. The number of rotatable bonds is 4. The third-order valence-corrected chi connectivity index (χ3v) is 3.98. The Morgan fingerprint density at radius 2 is 1.56 bits per heavy atom. The number of hydrogen-bond acceptors (Lipinski definition) is 4. The fourth-order valence-corrected chi connectivity index (χ4v) is 2.44. The van der Waals surface area contributed by atoms with Crippen LogP contribution in [0.25, 0.3) is 0 Å². The number of anilines is 1. The van der Waals surface area contributed by atoms with E-state index in [1.165, 1.54) is 0 Å². The zero-order chi connectivity index (χ0) is 19.2. The quantitative estimate of drug-likeness (QED) is 0.597. The molecule has 0 saturated heterocycles. The van der Waals surface area contributed by atoms with Crippen LogP contribution in [0.5, 0.6) is 0 Å². The van der Waals surface area contributed by atoms with Crippen molar-refractivity contribution in [3.8, 4) is 6.07 Å². The summed E-state index contributed by atoms with van der Waals surface area (Å²) >= 11 is 0. The van der Waals surface area contributed by atoms with Crippen LogP contribution in [0.1, 0.15) is 27.0 Å². The van der Waals surface area contributed by atoms with Crippen LogP contribution in [0, 0.1) is 25.2 Å². The number of aryl methyl sites for hydroxylation is 2. The van der Waals surface area contributed by atoms with Crippen molar-refractivity contribution in [3.63, 3.8) is 0 Å². The van der Waals surface area contributed by atoms with Gasteiger partial charge in [-0.15, -0.1) is 5.11 Å². The van der Waals surface area contributed by atoms with Gasteiger partial charge in [-0.1, -0.05) is 23.8 Å². The van der Waals surface area contributed by atoms with Gasteiger partial charge in [0.05, 0.1) is 23.0 Å². The van der Waals surface area contributed by atoms with E-state index in [1.807, 2.05) is 56.3 Å². The fraction of sp³-hybridized carbons (Fsp3) is 0.0909. The molecule has 3 aromatic carbocycles. The van der Waals surface area contributed by atoms with Gasteiger partial charge in [-0.25, -0.2) is 0 Å². The van der Waals surface area contributed by atoms with Gasteiger partial charge in [0.25, 0.3) is 5.91 Å². The number of nitriles is 1. The maximum absolute atomic E-state index is 12.5. The molecule has 0 aliphatic heterocycles. The molecule has 27 heavy (non-hydrogen) atoms. The predicted octanol–water partition coefficient (Wildman–Crippen LogP) is 5.84. The van der Waals surface area contributed by atoms with Gasteiger partial charge in [-0.05, 0) is 67.9 Å². The van der Waals surface area contributed by atoms with E-state index < -0.39 is 0 Å². The zero-order valence-electron chi connectivity index (χ0n) is 15.1. The Labute approximate surface area is 158 Å². The lowest BCUT2D eigenvalue weighted by Gasteiger charge is -2.09. The maximum atomic E-state index is 12.5. The topological polar surface area (TPSA) is 77.6 Å². The molecular formula is C22H18N4O. The van der Waals surface area contributed by atoms with E-state index in [1.54, 1.807) is 30.3 Å². The first kappa shape index (κ1) is 18.0. The summed E-state index contributed by atoms with van der Waals surface area (Å²) in [4.78, 5) is 12.5. The molecule has 132 valence electrons. The maximum Gasteiger partial charge on any atom is 0.255 e. The van der Waals surface area contributed by atoms with Crippen LogP contribution in [-0.2, 0) is 0 Å². The second-order valence-corrected chi connectivity index (χ2v) is 6.20. The Balaban J connectivity index is 1.83. The van der Waals surface area contributed by atoms with Crippen LogP contribution in [0.3, 0.4) is 0 Å². The number of benzene rings is 3. The Kier molecular flexibility index (Phi) is 5.38. The highest BCUT2D eigenvalue weighted by Crippen LogP contribution is 2.28. The summed E-state index contributed by atoms with van der Waals surface area (Å²) in [5, 5.41) is 20.3. The molecule has 0 unspecified atom stereocenters. The van der Waals surface area contributed by atoms with Crippen molar-refractivity contribution in [2.75, 3.05) is 5.32 Å². The molecule has 5 heteroatoms. The van der Waals surface area contributed by atoms with Crippen LogP contribution in [0.4, 0.5) is 17.1 Å². The number of nitrogens with one attached hydrogen (secondary N) is 1. The molecule has 0 aromatic heterocycles. The summed E-state index contributed by atoms with van der Waals surface area (Å²) in [6.45, 7) is 3.97. The minimum atomic E-state index is -0.268. The first-order valence-corrected chi connectivity index (χ1v) is 8.46. The van der Waals surface area contributed by atoms with Crippen LogP contribution < -0.4 is 5.32 Å². The van der Waals surface area contributed by atoms with E-state index in [0.717, 1.165) is 16.8 Å². The van der Waals surface area contributed by atoms with Gasteiger partial charge in [0, 0.05) is 5.56 Å². The Morgan fingerprint density at radius 1 is 0.889 bits per heavy atom. The molecule has 3 aromatic rings. The number of azo groups is 1. The second kappa shape index (κ2) is 8.07. The summed E-state index contributed by atoms with van der Waals surface area (Å²) in [5.41, 5.74) is 5.05. The monoisotopic (exact) mass is 354 g/mol.